The Labute approximate surface area is 404 Å². The molecule has 5 atom stereocenters. The average Bonchev–Trinajstić information content (AvgIpc) is 4.15. The van der Waals surface area contributed by atoms with Gasteiger partial charge in [0, 0.05) is 102 Å². The highest BCUT2D eigenvalue weighted by molar-refractivity contribution is 8.00. The van der Waals surface area contributed by atoms with Gasteiger partial charge < -0.3 is 9.80 Å². The van der Waals surface area contributed by atoms with E-state index in [0.717, 1.165) is 44.9 Å². The Morgan fingerprint density at radius 1 is 0.766 bits per heavy atom. The monoisotopic (exact) mass is 948 g/mol. The maximum Gasteiger partial charge on any atom is 0.0636 e. The molecule has 0 fully saturated rings. The second-order valence-electron chi connectivity index (χ2n) is 17.8. The third kappa shape index (κ3) is 8.79. The topological polar surface area (TPSA) is 6.48 Å². The molecule has 0 saturated heterocycles. The van der Waals surface area contributed by atoms with Crippen molar-refractivity contribution < 1.29 is 0 Å². The van der Waals surface area contributed by atoms with Crippen molar-refractivity contribution in [1.82, 2.24) is 9.80 Å². The van der Waals surface area contributed by atoms with Crippen LogP contribution in [-0.2, 0) is 0 Å². The minimum atomic E-state index is 0.274. The molecule has 0 spiro atoms. The molecule has 0 saturated carbocycles. The summed E-state index contributed by atoms with van der Waals surface area (Å²) in [5.41, 5.74) is 8.46. The van der Waals surface area contributed by atoms with Crippen LogP contribution >= 0.6 is 68.4 Å². The van der Waals surface area contributed by atoms with Gasteiger partial charge in [0.2, 0.25) is 0 Å². The fourth-order valence-corrected chi connectivity index (χ4v) is 18.1. The second-order valence-corrected chi connectivity index (χ2v) is 24.4. The van der Waals surface area contributed by atoms with Crippen LogP contribution in [0.4, 0.5) is 0 Å². The van der Waals surface area contributed by atoms with E-state index < -0.39 is 0 Å². The Kier molecular flexibility index (Phi) is 13.0. The van der Waals surface area contributed by atoms with Crippen LogP contribution in [0, 0.1) is 23.7 Å². The van der Waals surface area contributed by atoms with Gasteiger partial charge in [-0.05, 0) is 103 Å². The SMILES string of the molecule is C=Cc1sc2cc(-c3cc4sc5cc(C6=C(C7C=CC=CC7)C=C(N(C)C)CC6C6C=CC=CC6)sc5c4s3)sc2c1SC(C/C(=C\C(=C)C1C=CC=CC1)N(C)C)C1=CCCC=C1. The highest BCUT2D eigenvalue weighted by Crippen LogP contribution is 2.55. The molecule has 0 aliphatic heterocycles. The summed E-state index contributed by atoms with van der Waals surface area (Å²) in [5, 5.41) is 0.274. The molecule has 326 valence electrons. The number of nitrogens with zero attached hydrogens (tertiary/aromatic N) is 2. The molecule has 64 heavy (non-hydrogen) atoms. The van der Waals surface area contributed by atoms with Gasteiger partial charge in [0.15, 0.2) is 0 Å². The first kappa shape index (κ1) is 43.7. The van der Waals surface area contributed by atoms with Crippen LogP contribution in [-0.4, -0.2) is 43.2 Å². The van der Waals surface area contributed by atoms with Crippen LogP contribution in [0.5, 0.6) is 0 Å². The number of thiophene rings is 5. The molecule has 2 nitrogen and oxygen atoms in total. The molecule has 5 aliphatic carbocycles. The number of rotatable bonds is 14. The highest BCUT2D eigenvalue weighted by Gasteiger charge is 2.34. The highest BCUT2D eigenvalue weighted by atomic mass is 32.2. The standard InChI is InChI=1S/C56H56N2S6/c1-7-44-53(61-45(39-26-18-11-19-27-39)31-40(57(3)4)28-35(2)36-20-12-8-13-21-36)54-49(59-44)32-46(62-54)47-33-50-55(63-47)56-51(60-50)34-48(64-56)52-42(37-22-14-9-15-23-37)29-41(58(5)6)30-43(52)38-24-16-10-17-25-38/h7-10,12-18,20,22,24,26-29,32-34,36-38,43,45H,1-2,11,19,21,23,25,30-31H2,3-6H3/b40-28+. The molecule has 0 amide bonds. The lowest BCUT2D eigenvalue weighted by atomic mass is 9.71. The number of thioether (sulfide) groups is 1. The van der Waals surface area contributed by atoms with Crippen LogP contribution in [0.1, 0.15) is 54.7 Å². The van der Waals surface area contributed by atoms with Gasteiger partial charge in [0.25, 0.3) is 0 Å². The van der Waals surface area contributed by atoms with E-state index in [1.54, 1.807) is 5.57 Å². The van der Waals surface area contributed by atoms with Crippen molar-refractivity contribution in [2.75, 3.05) is 28.2 Å². The summed E-state index contributed by atoms with van der Waals surface area (Å²) in [7, 11) is 8.80. The van der Waals surface area contributed by atoms with E-state index in [1.165, 1.54) is 80.7 Å². The minimum absolute atomic E-state index is 0.274. The van der Waals surface area contributed by atoms with Crippen molar-refractivity contribution in [2.45, 2.75) is 55.1 Å². The van der Waals surface area contributed by atoms with Gasteiger partial charge in [-0.1, -0.05) is 110 Å². The minimum Gasteiger partial charge on any atom is -0.381 e. The fraction of sp³-hybridized carbons (Fsp3) is 0.286. The van der Waals surface area contributed by atoms with Crippen molar-refractivity contribution in [3.05, 3.63) is 173 Å². The van der Waals surface area contributed by atoms with E-state index in [0.29, 0.717) is 23.7 Å². The zero-order valence-corrected chi connectivity index (χ0v) is 42.1. The molecule has 0 aromatic carbocycles. The Bertz CT molecular complexity index is 2970. The van der Waals surface area contributed by atoms with Gasteiger partial charge in [-0.15, -0.1) is 68.4 Å². The zero-order valence-electron chi connectivity index (χ0n) is 37.2. The van der Waals surface area contributed by atoms with Crippen LogP contribution < -0.4 is 0 Å². The molecule has 0 N–H and O–H groups in total. The van der Waals surface area contributed by atoms with Crippen LogP contribution in [0.25, 0.3) is 49.6 Å². The summed E-state index contributed by atoms with van der Waals surface area (Å²) in [6.07, 6.45) is 49.0. The van der Waals surface area contributed by atoms with Crippen molar-refractivity contribution >= 4 is 108 Å². The number of hydrogen-bond acceptors (Lipinski definition) is 8. The maximum absolute atomic E-state index is 4.55. The lowest BCUT2D eigenvalue weighted by Gasteiger charge is -2.37. The first-order valence-electron chi connectivity index (χ1n) is 22.6. The van der Waals surface area contributed by atoms with Gasteiger partial charge in [-0.2, -0.15) is 0 Å². The van der Waals surface area contributed by atoms with Crippen molar-refractivity contribution in [2.24, 2.45) is 23.7 Å². The van der Waals surface area contributed by atoms with Gasteiger partial charge in [-0.25, -0.2) is 0 Å². The summed E-state index contributed by atoms with van der Waals surface area (Å²) >= 11 is 11.9. The molecule has 5 aromatic heterocycles. The summed E-state index contributed by atoms with van der Waals surface area (Å²) in [5.74, 6) is 1.68. The largest absolute Gasteiger partial charge is 0.381 e. The number of allylic oxidation sites excluding steroid dienone is 22. The molecule has 5 aliphatic rings. The quantitative estimate of drug-likeness (QED) is 0.0809. The average molecular weight is 949 g/mol. The first-order chi connectivity index (χ1) is 31.2. The summed E-state index contributed by atoms with van der Waals surface area (Å²) in [4.78, 5) is 11.5. The Balaban J connectivity index is 0.993. The molecule has 5 aromatic rings. The molecule has 0 radical (unpaired) electrons. The molecular weight excluding hydrogens is 893 g/mol. The van der Waals surface area contributed by atoms with E-state index in [-0.39, 0.29) is 5.25 Å². The summed E-state index contributed by atoms with van der Waals surface area (Å²) in [6.45, 7) is 8.87. The van der Waals surface area contributed by atoms with Crippen LogP contribution in [0.3, 0.4) is 0 Å². The predicted molar refractivity (Wildman–Crippen MR) is 291 cm³/mol. The summed E-state index contributed by atoms with van der Waals surface area (Å²) in [6, 6.07) is 7.48. The molecular formula is C56H56N2S6. The third-order valence-electron chi connectivity index (χ3n) is 13.2. The van der Waals surface area contributed by atoms with Gasteiger partial charge in [0.1, 0.15) is 0 Å². The first-order valence-corrected chi connectivity index (χ1v) is 27.6. The Morgan fingerprint density at radius 3 is 2.09 bits per heavy atom. The van der Waals surface area contributed by atoms with Gasteiger partial charge in [-0.3, -0.25) is 0 Å². The lowest BCUT2D eigenvalue weighted by Crippen LogP contribution is -2.26. The van der Waals surface area contributed by atoms with E-state index in [9.17, 15) is 0 Å². The predicted octanol–water partition coefficient (Wildman–Crippen LogP) is 17.5. The van der Waals surface area contributed by atoms with Crippen LogP contribution in [0.2, 0.25) is 0 Å². The number of fused-ring (bicyclic) bond motifs is 4. The molecule has 10 rings (SSSR count). The van der Waals surface area contributed by atoms with Crippen molar-refractivity contribution in [3.8, 4) is 9.75 Å². The maximum atomic E-state index is 4.55. The van der Waals surface area contributed by atoms with E-state index in [4.69, 9.17) is 0 Å². The molecule has 8 heteroatoms. The van der Waals surface area contributed by atoms with E-state index in [1.807, 2.05) is 68.4 Å². The van der Waals surface area contributed by atoms with E-state index in [2.05, 4.69) is 179 Å². The van der Waals surface area contributed by atoms with Crippen molar-refractivity contribution in [3.63, 3.8) is 0 Å². The zero-order chi connectivity index (χ0) is 43.9. The van der Waals surface area contributed by atoms with E-state index >= 15 is 0 Å². The Hall–Kier alpha value is -4.15. The van der Waals surface area contributed by atoms with Gasteiger partial charge in [0.05, 0.1) is 14.1 Å². The fourth-order valence-electron chi connectivity index (χ4n) is 9.70. The molecule has 5 unspecified atom stereocenters. The third-order valence-corrected chi connectivity index (χ3v) is 21.3. The smallest absolute Gasteiger partial charge is 0.0636 e. The van der Waals surface area contributed by atoms with Crippen LogP contribution in [0.15, 0.2) is 168 Å². The van der Waals surface area contributed by atoms with Gasteiger partial charge >= 0.3 is 0 Å². The normalized spacial score (nSPS) is 22.6. The van der Waals surface area contributed by atoms with Crippen molar-refractivity contribution in [1.29, 1.82) is 0 Å². The Morgan fingerprint density at radius 2 is 1.45 bits per heavy atom. The molecule has 5 heterocycles. The second kappa shape index (κ2) is 19.0. The summed E-state index contributed by atoms with van der Waals surface area (Å²) < 4.78 is 8.52. The lowest BCUT2D eigenvalue weighted by molar-refractivity contribution is 0.405. The molecule has 0 bridgehead atoms. The number of hydrogen-bond donors (Lipinski definition) is 0.